The molecular weight excluding hydrogens is 434 g/mol. The number of fused-ring (bicyclic) bond motifs is 4. The summed E-state index contributed by atoms with van der Waals surface area (Å²) in [5, 5.41) is 11.6. The molecule has 5 nitrogen and oxygen atoms in total. The summed E-state index contributed by atoms with van der Waals surface area (Å²) in [6.07, 6.45) is 5.61. The average Bonchev–Trinajstić information content (AvgIpc) is 2.96. The second-order valence-corrected chi connectivity index (χ2v) is 7.49. The number of aliphatic hydroxyl groups is 1. The third-order valence-corrected chi connectivity index (χ3v) is 5.95. The van der Waals surface area contributed by atoms with E-state index >= 15 is 0 Å². The molecule has 6 heteroatoms. The molecule has 3 aliphatic rings. The molecule has 2 bridgehead atoms. The van der Waals surface area contributed by atoms with Gasteiger partial charge in [0.2, 0.25) is 5.60 Å². The van der Waals surface area contributed by atoms with Crippen molar-refractivity contribution in [1.29, 1.82) is 0 Å². The minimum atomic E-state index is -1.87. The van der Waals surface area contributed by atoms with E-state index in [0.717, 1.165) is 12.8 Å². The van der Waals surface area contributed by atoms with Gasteiger partial charge in [-0.25, -0.2) is 4.79 Å². The molecule has 1 N–H and O–H groups in total. The van der Waals surface area contributed by atoms with Gasteiger partial charge < -0.3 is 14.6 Å². The molecule has 0 radical (unpaired) electrons. The van der Waals surface area contributed by atoms with E-state index in [9.17, 15) is 9.90 Å². The number of carbonyl (C=O) groups is 1. The van der Waals surface area contributed by atoms with Crippen molar-refractivity contribution in [2.24, 2.45) is 0 Å². The number of halogens is 1. The molecule has 0 aliphatic carbocycles. The molecule has 3 aliphatic heterocycles. The predicted octanol–water partition coefficient (Wildman–Crippen LogP) is 3.98. The van der Waals surface area contributed by atoms with Crippen LogP contribution >= 0.6 is 15.9 Å². The first-order valence-corrected chi connectivity index (χ1v) is 11.2. The summed E-state index contributed by atoms with van der Waals surface area (Å²) in [5.74, 6) is 2.12. The van der Waals surface area contributed by atoms with Crippen molar-refractivity contribution >= 4 is 21.9 Å². The highest BCUT2D eigenvalue weighted by Crippen LogP contribution is 2.47. The monoisotopic (exact) mass is 457 g/mol. The van der Waals surface area contributed by atoms with Gasteiger partial charge in [-0.15, -0.1) is 0 Å². The van der Waals surface area contributed by atoms with E-state index in [0.29, 0.717) is 22.6 Å². The van der Waals surface area contributed by atoms with Gasteiger partial charge in [-0.2, -0.15) is 0 Å². The van der Waals surface area contributed by atoms with E-state index < -0.39 is 11.6 Å². The van der Waals surface area contributed by atoms with Gasteiger partial charge in [-0.3, -0.25) is 4.90 Å². The Hall–Kier alpha value is -2.15. The summed E-state index contributed by atoms with van der Waals surface area (Å²) < 4.78 is 11.8. The number of carbonyl (C=O) groups excluding carboxylic acids is 1. The third-order valence-electron chi connectivity index (χ3n) is 5.95. The number of hydrogen-bond donors (Lipinski definition) is 1. The van der Waals surface area contributed by atoms with Crippen LogP contribution in [0.1, 0.15) is 24.0 Å². The number of likely N-dealkylation sites (N-methyl/N-ethyl adjacent to an activating group) is 1. The summed E-state index contributed by atoms with van der Waals surface area (Å²) in [6, 6.07) is 14.7. The lowest BCUT2D eigenvalue weighted by Crippen LogP contribution is -2.47. The van der Waals surface area contributed by atoms with Crippen LogP contribution in [0.25, 0.3) is 0 Å². The van der Waals surface area contributed by atoms with Crippen molar-refractivity contribution in [3.8, 4) is 11.5 Å². The van der Waals surface area contributed by atoms with E-state index in [4.69, 9.17) is 9.47 Å². The van der Waals surface area contributed by atoms with Crippen LogP contribution in [0.4, 0.5) is 0 Å². The Labute approximate surface area is 179 Å². The first-order valence-electron chi connectivity index (χ1n) is 9.66. The number of piperidine rings is 1. The van der Waals surface area contributed by atoms with E-state index in [2.05, 4.69) is 40.0 Å². The number of ether oxygens (including phenoxy) is 2. The molecule has 2 unspecified atom stereocenters. The lowest BCUT2D eigenvalue weighted by Gasteiger charge is -2.38. The predicted molar refractivity (Wildman–Crippen MR) is 114 cm³/mol. The average molecular weight is 458 g/mol. The van der Waals surface area contributed by atoms with E-state index in [-0.39, 0.29) is 18.2 Å². The highest BCUT2D eigenvalue weighted by Gasteiger charge is 2.49. The zero-order valence-corrected chi connectivity index (χ0v) is 18.0. The molecule has 152 valence electrons. The molecule has 3 heterocycles. The SMILES string of the molecule is CBr.CN1C2C=CC1CC(OC(=O)C1(O)c3ccccc3Oc3ccccc31)C2. The van der Waals surface area contributed by atoms with Crippen molar-refractivity contribution in [2.75, 3.05) is 12.9 Å². The second-order valence-electron chi connectivity index (χ2n) is 7.49. The van der Waals surface area contributed by atoms with Crippen molar-refractivity contribution in [1.82, 2.24) is 4.90 Å². The highest BCUT2D eigenvalue weighted by molar-refractivity contribution is 9.08. The Bertz CT molecular complexity index is 882. The van der Waals surface area contributed by atoms with Gasteiger partial charge in [0, 0.05) is 36.1 Å². The molecule has 0 spiro atoms. The van der Waals surface area contributed by atoms with Crippen LogP contribution in [0.3, 0.4) is 0 Å². The van der Waals surface area contributed by atoms with E-state index in [1.807, 2.05) is 18.0 Å². The summed E-state index contributed by atoms with van der Waals surface area (Å²) in [4.78, 5) is 15.6. The van der Waals surface area contributed by atoms with Gasteiger partial charge in [-0.1, -0.05) is 64.5 Å². The Balaban J connectivity index is 0.000000994. The topological polar surface area (TPSA) is 59.0 Å². The minimum Gasteiger partial charge on any atom is -0.460 e. The summed E-state index contributed by atoms with van der Waals surface area (Å²) in [6.45, 7) is 0. The molecule has 2 aromatic rings. The Kier molecular flexibility index (Phi) is 5.51. The number of nitrogens with zero attached hydrogens (tertiary/aromatic N) is 1. The van der Waals surface area contributed by atoms with Gasteiger partial charge >= 0.3 is 5.97 Å². The number of para-hydroxylation sites is 2. The Morgan fingerprint density at radius 3 is 2.03 bits per heavy atom. The van der Waals surface area contributed by atoms with Crippen molar-refractivity contribution in [3.63, 3.8) is 0 Å². The normalized spacial score (nSPS) is 25.7. The molecule has 5 rings (SSSR count). The zero-order chi connectivity index (χ0) is 20.6. The fourth-order valence-corrected chi connectivity index (χ4v) is 4.42. The maximum absolute atomic E-state index is 13.3. The lowest BCUT2D eigenvalue weighted by molar-refractivity contribution is -0.171. The van der Waals surface area contributed by atoms with Crippen LogP contribution < -0.4 is 4.74 Å². The number of benzene rings is 2. The molecule has 0 amide bonds. The Morgan fingerprint density at radius 2 is 1.52 bits per heavy atom. The molecule has 29 heavy (non-hydrogen) atoms. The minimum absolute atomic E-state index is 0.218. The maximum Gasteiger partial charge on any atom is 0.348 e. The number of hydrogen-bond acceptors (Lipinski definition) is 5. The van der Waals surface area contributed by atoms with Crippen LogP contribution in [0.2, 0.25) is 0 Å². The maximum atomic E-state index is 13.3. The van der Waals surface area contributed by atoms with E-state index in [1.54, 1.807) is 36.4 Å². The van der Waals surface area contributed by atoms with Gasteiger partial charge in [0.25, 0.3) is 0 Å². The molecule has 0 saturated carbocycles. The van der Waals surface area contributed by atoms with Gasteiger partial charge in [0.1, 0.15) is 17.6 Å². The number of rotatable bonds is 2. The highest BCUT2D eigenvalue weighted by atomic mass is 79.9. The van der Waals surface area contributed by atoms with E-state index in [1.165, 1.54) is 0 Å². The summed E-state index contributed by atoms with van der Waals surface area (Å²) >= 11 is 2.94. The zero-order valence-electron chi connectivity index (χ0n) is 16.4. The van der Waals surface area contributed by atoms with Crippen LogP contribution in [-0.2, 0) is 15.1 Å². The molecular formula is C23H24BrNO4. The largest absolute Gasteiger partial charge is 0.460 e. The second kappa shape index (κ2) is 7.94. The van der Waals surface area contributed by atoms with Crippen LogP contribution in [-0.4, -0.2) is 47.0 Å². The third kappa shape index (κ3) is 3.29. The summed E-state index contributed by atoms with van der Waals surface area (Å²) in [7, 11) is 2.09. The van der Waals surface area contributed by atoms with Gasteiger partial charge in [-0.05, 0) is 25.0 Å². The summed E-state index contributed by atoms with van der Waals surface area (Å²) in [5.41, 5.74) is -1.04. The molecule has 1 fully saturated rings. The Morgan fingerprint density at radius 1 is 1.03 bits per heavy atom. The molecule has 1 saturated heterocycles. The standard InChI is InChI=1S/C22H21NO4.CH3Br/c1-23-14-10-11-15(23)13-16(12-14)26-21(24)22(25)17-6-2-4-8-19(17)27-20-9-5-3-7-18(20)22;1-2/h2-11,14-16,25H,12-13H2,1H3;1H3. The van der Waals surface area contributed by atoms with Crippen LogP contribution in [0.15, 0.2) is 60.7 Å². The fourth-order valence-electron chi connectivity index (χ4n) is 4.42. The number of alkyl halides is 1. The molecule has 2 aromatic carbocycles. The van der Waals surface area contributed by atoms with Gasteiger partial charge in [0.15, 0.2) is 0 Å². The van der Waals surface area contributed by atoms with Crippen molar-refractivity contribution < 1.29 is 19.4 Å². The first kappa shape index (κ1) is 20.1. The van der Waals surface area contributed by atoms with Crippen LogP contribution in [0.5, 0.6) is 11.5 Å². The smallest absolute Gasteiger partial charge is 0.348 e. The lowest BCUT2D eigenvalue weighted by atomic mass is 9.83. The molecule has 2 atom stereocenters. The first-order chi connectivity index (χ1) is 14.1. The fraction of sp³-hybridized carbons (Fsp3) is 0.348. The quantitative estimate of drug-likeness (QED) is 0.419. The van der Waals surface area contributed by atoms with Crippen LogP contribution in [0, 0.1) is 0 Å². The van der Waals surface area contributed by atoms with Crippen molar-refractivity contribution in [3.05, 3.63) is 71.8 Å². The van der Waals surface area contributed by atoms with Crippen molar-refractivity contribution in [2.45, 2.75) is 36.6 Å². The molecule has 0 aromatic heterocycles. The van der Waals surface area contributed by atoms with Gasteiger partial charge in [0.05, 0.1) is 0 Å². The number of esters is 1.